The van der Waals surface area contributed by atoms with Crippen molar-refractivity contribution in [2.24, 2.45) is 4.99 Å². The monoisotopic (exact) mass is 733 g/mol. The van der Waals surface area contributed by atoms with E-state index in [1.807, 2.05) is 0 Å². The highest BCUT2D eigenvalue weighted by molar-refractivity contribution is 5.83. The van der Waals surface area contributed by atoms with E-state index in [2.05, 4.69) is 18.7 Å². The van der Waals surface area contributed by atoms with Gasteiger partial charge in [0.05, 0.1) is 25.5 Å². The Balaban J connectivity index is 1.85. The van der Waals surface area contributed by atoms with Gasteiger partial charge in [0.1, 0.15) is 6.61 Å². The van der Waals surface area contributed by atoms with Crippen molar-refractivity contribution in [3.63, 3.8) is 0 Å². The van der Waals surface area contributed by atoms with E-state index < -0.39 is 0 Å². The number of unbranched alkanes of at least 4 members (excludes halogenated alkanes) is 30. The van der Waals surface area contributed by atoms with Crippen molar-refractivity contribution in [3.8, 4) is 0 Å². The zero-order valence-electron chi connectivity index (χ0n) is 35.0. The highest BCUT2D eigenvalue weighted by Crippen LogP contribution is 2.16. The zero-order valence-corrected chi connectivity index (χ0v) is 35.0. The molecule has 0 saturated heterocycles. The van der Waals surface area contributed by atoms with Crippen LogP contribution in [0.5, 0.6) is 0 Å². The molecule has 306 valence electrons. The van der Waals surface area contributed by atoms with Crippen LogP contribution in [0.2, 0.25) is 0 Å². The van der Waals surface area contributed by atoms with E-state index in [9.17, 15) is 9.59 Å². The van der Waals surface area contributed by atoms with Crippen molar-refractivity contribution >= 4 is 17.8 Å². The fraction of sp³-hybridized carbons (Fsp3) is 0.935. The van der Waals surface area contributed by atoms with Crippen LogP contribution in [0.4, 0.5) is 0 Å². The highest BCUT2D eigenvalue weighted by atomic mass is 16.5. The molecule has 6 heteroatoms. The average molecular weight is 733 g/mol. The molecule has 0 unspecified atom stereocenters. The number of nitrogens with zero attached hydrogens (tertiary/aromatic N) is 2. The van der Waals surface area contributed by atoms with Crippen molar-refractivity contribution in [2.45, 2.75) is 245 Å². The summed E-state index contributed by atoms with van der Waals surface area (Å²) in [5, 5.41) is 0. The molecule has 1 aliphatic rings. The van der Waals surface area contributed by atoms with Gasteiger partial charge in [0.2, 0.25) is 0 Å². The summed E-state index contributed by atoms with van der Waals surface area (Å²) >= 11 is 0. The maximum Gasteiger partial charge on any atom is 0.305 e. The van der Waals surface area contributed by atoms with Crippen LogP contribution in [0.15, 0.2) is 4.99 Å². The standard InChI is InChI=1S/C46H88N2O4/c1-3-5-7-9-11-13-15-17-19-21-23-25-27-29-33-37-45(49)51-42-35-31-32-36-44-47-39-40-48(44)41-43-52-46(50)38-34-30-28-26-24-22-20-18-16-14-12-10-8-6-4-2/h3-43H2,1-2H3. The molecule has 0 amide bonds. The molecule has 6 nitrogen and oxygen atoms in total. The number of hydrogen-bond acceptors (Lipinski definition) is 6. The van der Waals surface area contributed by atoms with Crippen molar-refractivity contribution < 1.29 is 19.1 Å². The van der Waals surface area contributed by atoms with Crippen LogP contribution in [-0.4, -0.2) is 55.5 Å². The summed E-state index contributed by atoms with van der Waals surface area (Å²) in [6.07, 6.45) is 45.1. The van der Waals surface area contributed by atoms with Gasteiger partial charge in [-0.25, -0.2) is 0 Å². The number of amidine groups is 1. The fourth-order valence-electron chi connectivity index (χ4n) is 7.45. The predicted octanol–water partition coefficient (Wildman–Crippen LogP) is 13.9. The van der Waals surface area contributed by atoms with Crippen LogP contribution in [0.1, 0.15) is 245 Å². The molecule has 1 aliphatic heterocycles. The molecule has 0 aromatic carbocycles. The first kappa shape index (κ1) is 48.4. The molecule has 1 heterocycles. The first-order valence-corrected chi connectivity index (χ1v) is 23.3. The van der Waals surface area contributed by atoms with E-state index in [1.54, 1.807) is 0 Å². The second-order valence-corrected chi connectivity index (χ2v) is 15.9. The molecular formula is C46H88N2O4. The third kappa shape index (κ3) is 33.0. The quantitative estimate of drug-likeness (QED) is 0.0462. The minimum absolute atomic E-state index is 0.0322. The lowest BCUT2D eigenvalue weighted by Crippen LogP contribution is -2.31. The van der Waals surface area contributed by atoms with Gasteiger partial charge in [0.25, 0.3) is 0 Å². The molecule has 52 heavy (non-hydrogen) atoms. The lowest BCUT2D eigenvalue weighted by molar-refractivity contribution is -0.144. The van der Waals surface area contributed by atoms with Gasteiger partial charge in [-0.15, -0.1) is 0 Å². The minimum Gasteiger partial charge on any atom is -0.466 e. The maximum atomic E-state index is 12.2. The topological polar surface area (TPSA) is 68.2 Å². The molecule has 0 spiro atoms. The number of esters is 2. The summed E-state index contributed by atoms with van der Waals surface area (Å²) in [6, 6.07) is 0. The van der Waals surface area contributed by atoms with Gasteiger partial charge in [-0.05, 0) is 32.1 Å². The third-order valence-corrected chi connectivity index (χ3v) is 10.9. The van der Waals surface area contributed by atoms with Gasteiger partial charge in [0, 0.05) is 25.8 Å². The number of rotatable bonds is 41. The molecule has 1 rings (SSSR count). The van der Waals surface area contributed by atoms with Crippen LogP contribution < -0.4 is 0 Å². The van der Waals surface area contributed by atoms with Gasteiger partial charge in [-0.2, -0.15) is 0 Å². The fourth-order valence-corrected chi connectivity index (χ4v) is 7.45. The lowest BCUT2D eigenvalue weighted by Gasteiger charge is -2.20. The third-order valence-electron chi connectivity index (χ3n) is 10.9. The van der Waals surface area contributed by atoms with Gasteiger partial charge in [-0.1, -0.05) is 194 Å². The second kappa shape index (κ2) is 39.1. The molecule has 0 fully saturated rings. The number of hydrogen-bond donors (Lipinski definition) is 0. The van der Waals surface area contributed by atoms with E-state index >= 15 is 0 Å². The first-order valence-electron chi connectivity index (χ1n) is 23.3. The Morgan fingerprint density at radius 2 is 0.808 bits per heavy atom. The predicted molar refractivity (Wildman–Crippen MR) is 223 cm³/mol. The Hall–Kier alpha value is -1.59. The van der Waals surface area contributed by atoms with E-state index in [1.165, 1.54) is 167 Å². The molecule has 0 aromatic rings. The van der Waals surface area contributed by atoms with Crippen LogP contribution >= 0.6 is 0 Å². The number of carbonyl (C=O) groups is 2. The largest absolute Gasteiger partial charge is 0.466 e. The van der Waals surface area contributed by atoms with Crippen LogP contribution in [0.25, 0.3) is 0 Å². The van der Waals surface area contributed by atoms with Crippen LogP contribution in [0, 0.1) is 0 Å². The summed E-state index contributed by atoms with van der Waals surface area (Å²) in [5.41, 5.74) is 0. The van der Waals surface area contributed by atoms with E-state index in [4.69, 9.17) is 14.5 Å². The summed E-state index contributed by atoms with van der Waals surface area (Å²) in [7, 11) is 0. The molecular weight excluding hydrogens is 645 g/mol. The van der Waals surface area contributed by atoms with Gasteiger partial charge < -0.3 is 14.4 Å². The number of carbonyl (C=O) groups excluding carboxylic acids is 2. The second-order valence-electron chi connectivity index (χ2n) is 15.9. The van der Waals surface area contributed by atoms with Gasteiger partial charge >= 0.3 is 11.9 Å². The molecule has 0 aromatic heterocycles. The molecule has 0 N–H and O–H groups in total. The number of ether oxygens (including phenoxy) is 2. The summed E-state index contributed by atoms with van der Waals surface area (Å²) in [5.74, 6) is 1.06. The molecule has 0 bridgehead atoms. The molecule has 0 saturated carbocycles. The van der Waals surface area contributed by atoms with Crippen LogP contribution in [0.3, 0.4) is 0 Å². The Morgan fingerprint density at radius 3 is 1.21 bits per heavy atom. The molecule has 0 aliphatic carbocycles. The molecule has 0 radical (unpaired) electrons. The van der Waals surface area contributed by atoms with Crippen LogP contribution in [-0.2, 0) is 19.1 Å². The summed E-state index contributed by atoms with van der Waals surface area (Å²) in [4.78, 5) is 31.3. The van der Waals surface area contributed by atoms with Crippen molar-refractivity contribution in [2.75, 3.05) is 32.8 Å². The average Bonchev–Trinajstić information content (AvgIpc) is 3.59. The maximum absolute atomic E-state index is 12.2. The first-order chi connectivity index (χ1) is 25.7. The van der Waals surface area contributed by atoms with Gasteiger partial charge in [-0.3, -0.25) is 14.6 Å². The lowest BCUT2D eigenvalue weighted by atomic mass is 10.0. The highest BCUT2D eigenvalue weighted by Gasteiger charge is 2.16. The smallest absolute Gasteiger partial charge is 0.305 e. The van der Waals surface area contributed by atoms with Crippen molar-refractivity contribution in [3.05, 3.63) is 0 Å². The SMILES string of the molecule is CCCCCCCCCCCCCCCCCC(=O)OCCCCCC1=NCCN1CCOC(=O)CCCCCCCCCCCCCCCCC. The minimum atomic E-state index is -0.0542. The van der Waals surface area contributed by atoms with E-state index in [0.717, 1.165) is 76.8 Å². The Bertz CT molecular complexity index is 816. The van der Waals surface area contributed by atoms with E-state index in [0.29, 0.717) is 26.1 Å². The van der Waals surface area contributed by atoms with Crippen molar-refractivity contribution in [1.29, 1.82) is 0 Å². The van der Waals surface area contributed by atoms with Gasteiger partial charge in [0.15, 0.2) is 0 Å². The Morgan fingerprint density at radius 1 is 0.462 bits per heavy atom. The summed E-state index contributed by atoms with van der Waals surface area (Å²) < 4.78 is 11.0. The zero-order chi connectivity index (χ0) is 37.4. The van der Waals surface area contributed by atoms with Crippen molar-refractivity contribution in [1.82, 2.24) is 4.90 Å². The molecule has 0 atom stereocenters. The van der Waals surface area contributed by atoms with E-state index in [-0.39, 0.29) is 11.9 Å². The summed E-state index contributed by atoms with van der Waals surface area (Å²) in [6.45, 7) is 8.04. The normalized spacial score (nSPS) is 12.8. The Labute approximate surface area is 323 Å². The Kier molecular flexibility index (Phi) is 36.4. The number of aliphatic imine (C=N–C) groups is 1.